The zero-order valence-electron chi connectivity index (χ0n) is 9.15. The average molecular weight is 206 g/mol. The Kier molecular flexibility index (Phi) is 4.76. The number of nitrogens with one attached hydrogen (secondary N) is 1. The van der Waals surface area contributed by atoms with Gasteiger partial charge in [-0.3, -0.25) is 4.79 Å². The maximum atomic E-state index is 11.4. The molecule has 3 heteroatoms. The summed E-state index contributed by atoms with van der Waals surface area (Å²) < 4.78 is 0. The van der Waals surface area contributed by atoms with Crippen molar-refractivity contribution in [2.75, 3.05) is 0 Å². The SMILES string of the molecule is CC(C)NC(=O)C(Cl)CC(C)(C)C. The quantitative estimate of drug-likeness (QED) is 0.705. The third-order valence-electron chi connectivity index (χ3n) is 1.51. The number of amides is 1. The molecule has 0 aromatic rings. The van der Waals surface area contributed by atoms with Crippen LogP contribution in [0.3, 0.4) is 0 Å². The average Bonchev–Trinajstić information content (AvgIpc) is 1.81. The van der Waals surface area contributed by atoms with E-state index >= 15 is 0 Å². The Balaban J connectivity index is 3.97. The van der Waals surface area contributed by atoms with Crippen LogP contribution in [0.2, 0.25) is 0 Å². The number of rotatable bonds is 3. The van der Waals surface area contributed by atoms with Gasteiger partial charge in [0.1, 0.15) is 5.38 Å². The monoisotopic (exact) mass is 205 g/mol. The maximum absolute atomic E-state index is 11.4. The molecule has 0 spiro atoms. The second kappa shape index (κ2) is 4.85. The molecule has 0 aliphatic rings. The van der Waals surface area contributed by atoms with Gasteiger partial charge in [-0.15, -0.1) is 11.6 Å². The van der Waals surface area contributed by atoms with Gasteiger partial charge in [-0.25, -0.2) is 0 Å². The van der Waals surface area contributed by atoms with Crippen molar-refractivity contribution in [3.63, 3.8) is 0 Å². The van der Waals surface area contributed by atoms with Crippen LogP contribution < -0.4 is 5.32 Å². The van der Waals surface area contributed by atoms with Crippen molar-refractivity contribution in [2.24, 2.45) is 5.41 Å². The highest BCUT2D eigenvalue weighted by atomic mass is 35.5. The number of hydrogen-bond acceptors (Lipinski definition) is 1. The Morgan fingerprint density at radius 2 is 1.85 bits per heavy atom. The molecule has 1 unspecified atom stereocenters. The largest absolute Gasteiger partial charge is 0.353 e. The van der Waals surface area contributed by atoms with Crippen LogP contribution >= 0.6 is 11.6 Å². The topological polar surface area (TPSA) is 29.1 Å². The molecule has 1 amide bonds. The Labute approximate surface area is 86.0 Å². The minimum atomic E-state index is -0.414. The third-order valence-corrected chi connectivity index (χ3v) is 1.86. The molecule has 0 heterocycles. The van der Waals surface area contributed by atoms with Crippen LogP contribution in [0.5, 0.6) is 0 Å². The van der Waals surface area contributed by atoms with E-state index in [2.05, 4.69) is 26.1 Å². The summed E-state index contributed by atoms with van der Waals surface area (Å²) in [5.41, 5.74) is 0.0980. The minimum Gasteiger partial charge on any atom is -0.353 e. The lowest BCUT2D eigenvalue weighted by Crippen LogP contribution is -2.37. The maximum Gasteiger partial charge on any atom is 0.238 e. The van der Waals surface area contributed by atoms with Gasteiger partial charge in [0.05, 0.1) is 0 Å². The van der Waals surface area contributed by atoms with E-state index in [9.17, 15) is 4.79 Å². The van der Waals surface area contributed by atoms with Gasteiger partial charge in [0.15, 0.2) is 0 Å². The van der Waals surface area contributed by atoms with Crippen LogP contribution in [0.15, 0.2) is 0 Å². The predicted octanol–water partition coefficient (Wildman–Crippen LogP) is 2.55. The van der Waals surface area contributed by atoms with Gasteiger partial charge >= 0.3 is 0 Å². The molecule has 1 N–H and O–H groups in total. The zero-order valence-corrected chi connectivity index (χ0v) is 9.90. The molecule has 0 fully saturated rings. The van der Waals surface area contributed by atoms with Crippen molar-refractivity contribution in [3.05, 3.63) is 0 Å². The van der Waals surface area contributed by atoms with Crippen LogP contribution in [0.25, 0.3) is 0 Å². The fourth-order valence-electron chi connectivity index (χ4n) is 1.01. The van der Waals surface area contributed by atoms with Gasteiger partial charge in [-0.2, -0.15) is 0 Å². The summed E-state index contributed by atoms with van der Waals surface area (Å²) in [6, 6.07) is 0.161. The third kappa shape index (κ3) is 6.88. The first-order valence-electron chi connectivity index (χ1n) is 4.67. The minimum absolute atomic E-state index is 0.0633. The second-order valence-electron chi connectivity index (χ2n) is 4.90. The summed E-state index contributed by atoms with van der Waals surface area (Å²) in [6.07, 6.45) is 0.701. The molecule has 1 atom stereocenters. The first kappa shape index (κ1) is 12.8. The highest BCUT2D eigenvalue weighted by Gasteiger charge is 2.22. The highest BCUT2D eigenvalue weighted by molar-refractivity contribution is 6.30. The molecule has 2 nitrogen and oxygen atoms in total. The van der Waals surface area contributed by atoms with Gasteiger partial charge in [-0.1, -0.05) is 20.8 Å². The number of carbonyl (C=O) groups is 1. The van der Waals surface area contributed by atoms with Crippen molar-refractivity contribution >= 4 is 17.5 Å². The normalized spacial score (nSPS) is 14.4. The van der Waals surface area contributed by atoms with Crippen molar-refractivity contribution in [1.82, 2.24) is 5.32 Å². The van der Waals surface area contributed by atoms with E-state index in [1.807, 2.05) is 13.8 Å². The van der Waals surface area contributed by atoms with E-state index < -0.39 is 5.38 Å². The summed E-state index contributed by atoms with van der Waals surface area (Å²) in [4.78, 5) is 11.4. The lowest BCUT2D eigenvalue weighted by atomic mass is 9.90. The molecule has 0 bridgehead atoms. The summed E-state index contributed by atoms with van der Waals surface area (Å²) >= 11 is 5.95. The zero-order chi connectivity index (χ0) is 10.6. The molecule has 0 aliphatic heterocycles. The van der Waals surface area contributed by atoms with Crippen LogP contribution in [0, 0.1) is 5.41 Å². The van der Waals surface area contributed by atoms with Gasteiger partial charge in [0.25, 0.3) is 0 Å². The van der Waals surface area contributed by atoms with Crippen LogP contribution in [0.1, 0.15) is 41.0 Å². The number of carbonyl (C=O) groups excluding carboxylic acids is 1. The highest BCUT2D eigenvalue weighted by Crippen LogP contribution is 2.23. The van der Waals surface area contributed by atoms with E-state index in [0.717, 1.165) is 0 Å². The van der Waals surface area contributed by atoms with Crippen molar-refractivity contribution in [2.45, 2.75) is 52.5 Å². The fourth-order valence-corrected chi connectivity index (χ4v) is 1.53. The molecule has 0 saturated heterocycles. The van der Waals surface area contributed by atoms with Gasteiger partial charge in [0, 0.05) is 6.04 Å². The Morgan fingerprint density at radius 3 is 2.15 bits per heavy atom. The number of halogens is 1. The smallest absolute Gasteiger partial charge is 0.238 e. The number of alkyl halides is 1. The van der Waals surface area contributed by atoms with Crippen LogP contribution in [-0.2, 0) is 4.79 Å². The molecular formula is C10H20ClNO. The Hall–Kier alpha value is -0.240. The van der Waals surface area contributed by atoms with Gasteiger partial charge in [-0.05, 0) is 25.7 Å². The fraction of sp³-hybridized carbons (Fsp3) is 0.900. The molecule has 78 valence electrons. The Morgan fingerprint density at radius 1 is 1.38 bits per heavy atom. The van der Waals surface area contributed by atoms with E-state index in [1.54, 1.807) is 0 Å². The summed E-state index contributed by atoms with van der Waals surface area (Å²) in [5, 5.41) is 2.38. The molecule has 0 saturated carbocycles. The second-order valence-corrected chi connectivity index (χ2v) is 5.42. The lowest BCUT2D eigenvalue weighted by Gasteiger charge is -2.22. The van der Waals surface area contributed by atoms with Crippen molar-refractivity contribution in [3.8, 4) is 0 Å². The molecule has 0 aromatic heterocycles. The standard InChI is InChI=1S/C10H20ClNO/c1-7(2)12-9(13)8(11)6-10(3,4)5/h7-8H,6H2,1-5H3,(H,12,13). The van der Waals surface area contributed by atoms with E-state index in [4.69, 9.17) is 11.6 Å². The van der Waals surface area contributed by atoms with Crippen molar-refractivity contribution < 1.29 is 4.79 Å². The summed E-state index contributed by atoms with van der Waals surface area (Å²) in [7, 11) is 0. The molecule has 0 rings (SSSR count). The molecule has 0 aliphatic carbocycles. The summed E-state index contributed by atoms with van der Waals surface area (Å²) in [5.74, 6) is -0.0633. The van der Waals surface area contributed by atoms with Gasteiger partial charge < -0.3 is 5.32 Å². The number of hydrogen-bond donors (Lipinski definition) is 1. The molecular weight excluding hydrogens is 186 g/mol. The van der Waals surface area contributed by atoms with Crippen LogP contribution in [0.4, 0.5) is 0 Å². The van der Waals surface area contributed by atoms with E-state index in [-0.39, 0.29) is 17.4 Å². The Bertz CT molecular complexity index is 172. The van der Waals surface area contributed by atoms with E-state index in [1.165, 1.54) is 0 Å². The summed E-state index contributed by atoms with van der Waals surface area (Å²) in [6.45, 7) is 10.1. The predicted molar refractivity (Wildman–Crippen MR) is 57.0 cm³/mol. The van der Waals surface area contributed by atoms with Crippen molar-refractivity contribution in [1.29, 1.82) is 0 Å². The lowest BCUT2D eigenvalue weighted by molar-refractivity contribution is -0.121. The van der Waals surface area contributed by atoms with E-state index in [0.29, 0.717) is 6.42 Å². The molecule has 0 radical (unpaired) electrons. The molecule has 0 aromatic carbocycles. The first-order chi connectivity index (χ1) is 5.72. The van der Waals surface area contributed by atoms with Gasteiger partial charge in [0.2, 0.25) is 5.91 Å². The van der Waals surface area contributed by atoms with Crippen LogP contribution in [-0.4, -0.2) is 17.3 Å². The molecule has 13 heavy (non-hydrogen) atoms. The first-order valence-corrected chi connectivity index (χ1v) is 5.10.